The standard InChI is InChI=1S/C20H23ClN4O2/c1-11(12-2-4-13(21)5-3-12)15-10-17(19(27)18(15)26)25-9-7-14-16(25)6-8-23-20(14)24-22/h2-5,7-9,11,15,17-19,26-27H,6,10,22H2,1H3/b24-20+/t11-,15-,17-,18-,19+/m1/s1. The van der Waals surface area contributed by atoms with Gasteiger partial charge in [-0.1, -0.05) is 30.7 Å². The van der Waals surface area contributed by atoms with E-state index in [0.717, 1.165) is 16.8 Å². The fraction of sp³-hybridized carbons (Fsp3) is 0.400. The first-order valence-corrected chi connectivity index (χ1v) is 9.51. The van der Waals surface area contributed by atoms with Gasteiger partial charge >= 0.3 is 0 Å². The second-order valence-electron chi connectivity index (χ2n) is 7.34. The SMILES string of the molecule is C[C@H](c1ccc(Cl)cc1)[C@H]1C[C@@H](n2ccc3c2CC=N/C3=N/N)[C@H](O)[C@@H]1O. The number of aliphatic hydroxyl groups is 2. The van der Waals surface area contributed by atoms with Crippen LogP contribution in [-0.2, 0) is 6.42 Å². The Morgan fingerprint density at radius 3 is 2.67 bits per heavy atom. The molecule has 4 N–H and O–H groups in total. The number of hydrogen-bond acceptors (Lipinski definition) is 4. The van der Waals surface area contributed by atoms with E-state index < -0.39 is 12.2 Å². The summed E-state index contributed by atoms with van der Waals surface area (Å²) in [4.78, 5) is 4.22. The van der Waals surface area contributed by atoms with Gasteiger partial charge in [-0.2, -0.15) is 5.10 Å². The van der Waals surface area contributed by atoms with Gasteiger partial charge in [0, 0.05) is 35.1 Å². The van der Waals surface area contributed by atoms with Crippen LogP contribution >= 0.6 is 11.6 Å². The normalized spacial score (nSPS) is 29.9. The molecule has 0 saturated heterocycles. The van der Waals surface area contributed by atoms with Gasteiger partial charge in [0.2, 0.25) is 0 Å². The topological polar surface area (TPSA) is 96.1 Å². The molecular weight excluding hydrogens is 364 g/mol. The van der Waals surface area contributed by atoms with Gasteiger partial charge in [0.1, 0.15) is 6.10 Å². The van der Waals surface area contributed by atoms with Crippen LogP contribution in [0.1, 0.15) is 42.1 Å². The van der Waals surface area contributed by atoms with E-state index in [1.165, 1.54) is 0 Å². The fourth-order valence-electron chi connectivity index (χ4n) is 4.43. The fourth-order valence-corrected chi connectivity index (χ4v) is 4.56. The minimum atomic E-state index is -0.835. The molecule has 5 atom stereocenters. The van der Waals surface area contributed by atoms with Crippen LogP contribution in [0.4, 0.5) is 0 Å². The summed E-state index contributed by atoms with van der Waals surface area (Å²) in [6.45, 7) is 2.09. The zero-order valence-corrected chi connectivity index (χ0v) is 15.8. The molecule has 142 valence electrons. The van der Waals surface area contributed by atoms with Crippen LogP contribution in [0.25, 0.3) is 0 Å². The number of benzene rings is 1. The molecule has 1 aliphatic heterocycles. The van der Waals surface area contributed by atoms with Crippen molar-refractivity contribution in [3.05, 3.63) is 58.4 Å². The van der Waals surface area contributed by atoms with Gasteiger partial charge in [-0.05, 0) is 42.0 Å². The summed E-state index contributed by atoms with van der Waals surface area (Å²) < 4.78 is 2.05. The van der Waals surface area contributed by atoms with E-state index in [1.807, 2.05) is 41.1 Å². The van der Waals surface area contributed by atoms with E-state index in [1.54, 1.807) is 6.21 Å². The summed E-state index contributed by atoms with van der Waals surface area (Å²) >= 11 is 5.99. The third-order valence-corrected chi connectivity index (χ3v) is 6.23. The summed E-state index contributed by atoms with van der Waals surface area (Å²) in [5.41, 5.74) is 3.01. The third-order valence-electron chi connectivity index (χ3n) is 5.98. The lowest BCUT2D eigenvalue weighted by atomic mass is 9.85. The quantitative estimate of drug-likeness (QED) is 0.558. The molecule has 7 heteroatoms. The smallest absolute Gasteiger partial charge is 0.180 e. The zero-order valence-electron chi connectivity index (χ0n) is 15.0. The Balaban J connectivity index is 1.62. The molecule has 4 rings (SSSR count). The first kappa shape index (κ1) is 18.2. The molecule has 2 aliphatic rings. The Kier molecular flexibility index (Phi) is 4.80. The molecule has 0 spiro atoms. The lowest BCUT2D eigenvalue weighted by Gasteiger charge is -2.23. The van der Waals surface area contributed by atoms with Crippen LogP contribution in [0, 0.1) is 5.92 Å². The van der Waals surface area contributed by atoms with Gasteiger partial charge in [-0.3, -0.25) is 0 Å². The summed E-state index contributed by atoms with van der Waals surface area (Å²) in [5.74, 6) is 5.98. The molecule has 1 aromatic carbocycles. The maximum atomic E-state index is 10.8. The highest BCUT2D eigenvalue weighted by molar-refractivity contribution is 6.30. The maximum Gasteiger partial charge on any atom is 0.180 e. The summed E-state index contributed by atoms with van der Waals surface area (Å²) in [6, 6.07) is 9.41. The largest absolute Gasteiger partial charge is 0.390 e. The molecule has 0 bridgehead atoms. The molecule has 2 aromatic rings. The van der Waals surface area contributed by atoms with Crippen molar-refractivity contribution in [1.29, 1.82) is 0 Å². The lowest BCUT2D eigenvalue weighted by Crippen LogP contribution is -2.31. The highest BCUT2D eigenvalue weighted by atomic mass is 35.5. The lowest BCUT2D eigenvalue weighted by molar-refractivity contribution is 0.00223. The molecule has 6 nitrogen and oxygen atoms in total. The molecule has 2 heterocycles. The molecule has 1 saturated carbocycles. The third kappa shape index (κ3) is 3.08. The first-order chi connectivity index (χ1) is 13.0. The van der Waals surface area contributed by atoms with Crippen molar-refractivity contribution in [2.75, 3.05) is 0 Å². The van der Waals surface area contributed by atoms with Gasteiger partial charge in [-0.25, -0.2) is 4.99 Å². The minimum absolute atomic E-state index is 0.0517. The van der Waals surface area contributed by atoms with Gasteiger partial charge in [-0.15, -0.1) is 0 Å². The second kappa shape index (κ2) is 7.11. The predicted molar refractivity (Wildman–Crippen MR) is 106 cm³/mol. The molecule has 1 aromatic heterocycles. The summed E-state index contributed by atoms with van der Waals surface area (Å²) in [7, 11) is 0. The number of halogens is 1. The molecule has 0 radical (unpaired) electrons. The van der Waals surface area contributed by atoms with E-state index >= 15 is 0 Å². The first-order valence-electron chi connectivity index (χ1n) is 9.13. The highest BCUT2D eigenvalue weighted by Crippen LogP contribution is 2.44. The number of fused-ring (bicyclic) bond motifs is 1. The molecule has 1 fully saturated rings. The summed E-state index contributed by atoms with van der Waals surface area (Å²) in [5, 5.41) is 26.0. The van der Waals surface area contributed by atoms with Crippen molar-refractivity contribution in [2.45, 2.75) is 43.9 Å². The number of nitrogens with two attached hydrogens (primary N) is 1. The van der Waals surface area contributed by atoms with Crippen molar-refractivity contribution in [2.24, 2.45) is 21.9 Å². The number of aromatic nitrogens is 1. The molecule has 1 aliphatic carbocycles. The van der Waals surface area contributed by atoms with Gasteiger partial charge < -0.3 is 20.6 Å². The Hall–Kier alpha value is -2.15. The van der Waals surface area contributed by atoms with E-state index in [0.29, 0.717) is 23.7 Å². The zero-order chi connectivity index (χ0) is 19.1. The molecular formula is C20H23ClN4O2. The van der Waals surface area contributed by atoms with Crippen LogP contribution in [0.5, 0.6) is 0 Å². The van der Waals surface area contributed by atoms with E-state index in [2.05, 4.69) is 17.0 Å². The Bertz CT molecular complexity index is 890. The number of rotatable bonds is 3. The van der Waals surface area contributed by atoms with Crippen LogP contribution in [-0.4, -0.2) is 39.0 Å². The molecule has 27 heavy (non-hydrogen) atoms. The Morgan fingerprint density at radius 1 is 1.22 bits per heavy atom. The van der Waals surface area contributed by atoms with Crippen molar-refractivity contribution < 1.29 is 10.2 Å². The average Bonchev–Trinajstić information content (AvgIpc) is 3.23. The van der Waals surface area contributed by atoms with Gasteiger partial charge in [0.25, 0.3) is 0 Å². The van der Waals surface area contributed by atoms with Crippen molar-refractivity contribution >= 4 is 23.7 Å². The van der Waals surface area contributed by atoms with E-state index in [-0.39, 0.29) is 17.9 Å². The number of amidine groups is 1. The number of aliphatic imine (C=N–C) groups is 1. The Morgan fingerprint density at radius 2 is 1.96 bits per heavy atom. The number of hydrogen-bond donors (Lipinski definition) is 3. The number of nitrogens with zero attached hydrogens (tertiary/aromatic N) is 3. The minimum Gasteiger partial charge on any atom is -0.390 e. The van der Waals surface area contributed by atoms with E-state index in [4.69, 9.17) is 17.4 Å². The number of hydrazone groups is 1. The second-order valence-corrected chi connectivity index (χ2v) is 7.78. The van der Waals surface area contributed by atoms with Crippen LogP contribution in [0.3, 0.4) is 0 Å². The summed E-state index contributed by atoms with van der Waals surface area (Å²) in [6.07, 6.45) is 3.41. The number of aliphatic hydroxyl groups excluding tert-OH is 2. The van der Waals surface area contributed by atoms with Crippen LogP contribution in [0.15, 0.2) is 46.6 Å². The van der Waals surface area contributed by atoms with E-state index in [9.17, 15) is 10.2 Å². The van der Waals surface area contributed by atoms with Crippen molar-refractivity contribution in [3.8, 4) is 0 Å². The van der Waals surface area contributed by atoms with Crippen molar-refractivity contribution in [1.82, 2.24) is 4.57 Å². The van der Waals surface area contributed by atoms with Crippen LogP contribution < -0.4 is 5.84 Å². The molecule has 0 unspecified atom stereocenters. The van der Waals surface area contributed by atoms with Gasteiger partial charge in [0.05, 0.1) is 12.1 Å². The molecule has 0 amide bonds. The van der Waals surface area contributed by atoms with Crippen LogP contribution in [0.2, 0.25) is 5.02 Å². The predicted octanol–water partition coefficient (Wildman–Crippen LogP) is 2.48. The Labute approximate surface area is 163 Å². The maximum absolute atomic E-state index is 10.8. The highest BCUT2D eigenvalue weighted by Gasteiger charge is 2.45. The average molecular weight is 387 g/mol. The monoisotopic (exact) mass is 386 g/mol. The van der Waals surface area contributed by atoms with Gasteiger partial charge in [0.15, 0.2) is 5.84 Å². The van der Waals surface area contributed by atoms with Crippen molar-refractivity contribution in [3.63, 3.8) is 0 Å².